The van der Waals surface area contributed by atoms with Crippen molar-refractivity contribution < 1.29 is 8.83 Å². The summed E-state index contributed by atoms with van der Waals surface area (Å²) in [5, 5.41) is 5.29. The minimum atomic E-state index is -0.226. The van der Waals surface area contributed by atoms with Gasteiger partial charge in [-0.15, -0.1) is 0 Å². The van der Waals surface area contributed by atoms with Gasteiger partial charge in [0.15, 0.2) is 0 Å². The van der Waals surface area contributed by atoms with Gasteiger partial charge < -0.3 is 8.83 Å². The molecule has 0 saturated heterocycles. The van der Waals surface area contributed by atoms with Gasteiger partial charge in [0.25, 0.3) is 5.56 Å². The second-order valence-corrected chi connectivity index (χ2v) is 11.7. The summed E-state index contributed by atoms with van der Waals surface area (Å²) in [6.07, 6.45) is 0. The Balaban J connectivity index is 1.27. The Morgan fingerprint density at radius 3 is 1.91 bits per heavy atom. The second-order valence-electron chi connectivity index (χ2n) is 11.7. The first-order chi connectivity index (χ1) is 23.2. The van der Waals surface area contributed by atoms with Gasteiger partial charge in [-0.2, -0.15) is 0 Å². The van der Waals surface area contributed by atoms with E-state index in [1.807, 2.05) is 103 Å². The molecule has 6 heteroatoms. The molecule has 0 aliphatic carbocycles. The van der Waals surface area contributed by atoms with E-state index < -0.39 is 0 Å². The molecule has 10 aromatic rings. The number of para-hydroxylation sites is 2. The largest absolute Gasteiger partial charge is 0.456 e. The lowest BCUT2D eigenvalue weighted by atomic mass is 9.95. The molecule has 0 N–H and O–H groups in total. The van der Waals surface area contributed by atoms with E-state index in [4.69, 9.17) is 20.4 Å². The first kappa shape index (κ1) is 25.6. The van der Waals surface area contributed by atoms with Crippen molar-refractivity contribution in [3.05, 3.63) is 149 Å². The monoisotopic (exact) mass is 603 g/mol. The molecule has 0 aliphatic heterocycles. The fourth-order valence-corrected chi connectivity index (χ4v) is 7.18. The Morgan fingerprint density at radius 1 is 0.574 bits per heavy atom. The SMILES string of the molecule is [C-]#[N+]c1cc2c(-c3cccc4oc5ccccc5c34)cccc2n2c(=O)c3cc(-c4cccc5oc6ccccc6c45)ccc3nc12. The summed E-state index contributed by atoms with van der Waals surface area (Å²) in [4.78, 5) is 23.3. The zero-order chi connectivity index (χ0) is 31.2. The van der Waals surface area contributed by atoms with Gasteiger partial charge in [0.1, 0.15) is 28.0 Å². The predicted octanol–water partition coefficient (Wildman–Crippen LogP) is 10.7. The van der Waals surface area contributed by atoms with Gasteiger partial charge in [-0.1, -0.05) is 78.9 Å². The predicted molar refractivity (Wildman–Crippen MR) is 188 cm³/mol. The highest BCUT2D eigenvalue weighted by molar-refractivity contribution is 6.16. The zero-order valence-electron chi connectivity index (χ0n) is 24.7. The average Bonchev–Trinajstić information content (AvgIpc) is 3.69. The number of benzene rings is 6. The molecule has 0 unspecified atom stereocenters. The summed E-state index contributed by atoms with van der Waals surface area (Å²) in [7, 11) is 0. The Bertz CT molecular complexity index is 3070. The molecule has 6 aromatic carbocycles. The highest BCUT2D eigenvalue weighted by Crippen LogP contribution is 2.41. The molecule has 10 rings (SSSR count). The van der Waals surface area contributed by atoms with E-state index in [-0.39, 0.29) is 5.56 Å². The summed E-state index contributed by atoms with van der Waals surface area (Å²) < 4.78 is 13.9. The molecule has 0 saturated carbocycles. The van der Waals surface area contributed by atoms with Crippen molar-refractivity contribution in [3.63, 3.8) is 0 Å². The van der Waals surface area contributed by atoms with Crippen LogP contribution in [-0.4, -0.2) is 9.38 Å². The van der Waals surface area contributed by atoms with Gasteiger partial charge in [-0.25, -0.2) is 9.83 Å². The van der Waals surface area contributed by atoms with E-state index in [1.54, 1.807) is 4.40 Å². The van der Waals surface area contributed by atoms with Crippen LogP contribution in [0.3, 0.4) is 0 Å². The molecule has 0 amide bonds. The van der Waals surface area contributed by atoms with Crippen LogP contribution in [0.5, 0.6) is 0 Å². The molecule has 47 heavy (non-hydrogen) atoms. The third kappa shape index (κ3) is 3.54. The van der Waals surface area contributed by atoms with E-state index in [0.717, 1.165) is 71.5 Å². The number of furan rings is 2. The molecule has 0 fully saturated rings. The minimum Gasteiger partial charge on any atom is -0.456 e. The minimum absolute atomic E-state index is 0.226. The summed E-state index contributed by atoms with van der Waals surface area (Å²) in [6.45, 7) is 8.09. The number of hydrogen-bond acceptors (Lipinski definition) is 4. The summed E-state index contributed by atoms with van der Waals surface area (Å²) >= 11 is 0. The third-order valence-corrected chi connectivity index (χ3v) is 9.23. The fraction of sp³-hybridized carbons (Fsp3) is 0. The van der Waals surface area contributed by atoms with Gasteiger partial charge in [-0.05, 0) is 76.2 Å². The van der Waals surface area contributed by atoms with Crippen LogP contribution in [-0.2, 0) is 0 Å². The van der Waals surface area contributed by atoms with Crippen molar-refractivity contribution in [3.8, 4) is 22.3 Å². The number of hydrogen-bond donors (Lipinski definition) is 0. The van der Waals surface area contributed by atoms with Crippen molar-refractivity contribution in [1.29, 1.82) is 0 Å². The molecule has 0 radical (unpaired) electrons. The van der Waals surface area contributed by atoms with Gasteiger partial charge in [-0.3, -0.25) is 9.20 Å². The molecule has 0 aliphatic rings. The number of fused-ring (bicyclic) bond motifs is 10. The van der Waals surface area contributed by atoms with Gasteiger partial charge >= 0.3 is 0 Å². The lowest BCUT2D eigenvalue weighted by Crippen LogP contribution is -2.16. The maximum Gasteiger partial charge on any atom is 0.265 e. The zero-order valence-corrected chi connectivity index (χ0v) is 24.7. The molecular formula is C41H21N3O3. The number of nitrogens with zero attached hydrogens (tertiary/aromatic N) is 3. The molecule has 0 bridgehead atoms. The number of pyridine rings is 1. The standard InChI is InChI=1S/C41H21N3O3/c1-42-32-22-29-25(26-13-8-18-37-39(26)28-10-3-5-16-35(28)47-37)12-6-14-33(29)44-40(32)43-31-20-19-23(21-30(31)41(44)45)24-11-7-17-36-38(24)27-9-2-4-15-34(27)46-36/h2-22H. The van der Waals surface area contributed by atoms with Crippen molar-refractivity contribution in [2.24, 2.45) is 0 Å². The van der Waals surface area contributed by atoms with Crippen LogP contribution in [0.2, 0.25) is 0 Å². The van der Waals surface area contributed by atoms with Crippen molar-refractivity contribution in [2.75, 3.05) is 0 Å². The molecule has 4 aromatic heterocycles. The first-order valence-corrected chi connectivity index (χ1v) is 15.3. The van der Waals surface area contributed by atoms with Gasteiger partial charge in [0, 0.05) is 21.5 Å². The normalized spacial score (nSPS) is 11.9. The van der Waals surface area contributed by atoms with Crippen molar-refractivity contribution in [2.45, 2.75) is 0 Å². The van der Waals surface area contributed by atoms with Gasteiger partial charge in [0.05, 0.1) is 23.0 Å². The highest BCUT2D eigenvalue weighted by Gasteiger charge is 2.19. The summed E-state index contributed by atoms with van der Waals surface area (Å²) in [6, 6.07) is 41.5. The molecular weight excluding hydrogens is 582 g/mol. The molecule has 0 atom stereocenters. The van der Waals surface area contributed by atoms with Crippen LogP contribution in [0.4, 0.5) is 5.69 Å². The number of aromatic nitrogens is 2. The third-order valence-electron chi connectivity index (χ3n) is 9.23. The van der Waals surface area contributed by atoms with Crippen LogP contribution >= 0.6 is 0 Å². The molecule has 218 valence electrons. The van der Waals surface area contributed by atoms with E-state index in [2.05, 4.69) is 29.1 Å². The number of rotatable bonds is 2. The lowest BCUT2D eigenvalue weighted by Gasteiger charge is -2.14. The maximum absolute atomic E-state index is 14.6. The maximum atomic E-state index is 14.6. The Hall–Kier alpha value is -6.71. The second kappa shape index (κ2) is 9.40. The fourth-order valence-electron chi connectivity index (χ4n) is 7.18. The Labute approximate surface area is 266 Å². The molecule has 6 nitrogen and oxygen atoms in total. The van der Waals surface area contributed by atoms with E-state index >= 15 is 0 Å². The first-order valence-electron chi connectivity index (χ1n) is 15.3. The molecule has 4 heterocycles. The smallest absolute Gasteiger partial charge is 0.265 e. The Morgan fingerprint density at radius 2 is 1.19 bits per heavy atom. The highest BCUT2D eigenvalue weighted by atomic mass is 16.3. The summed E-state index contributed by atoms with van der Waals surface area (Å²) in [5.74, 6) is 0. The van der Waals surface area contributed by atoms with Crippen LogP contribution in [0.1, 0.15) is 0 Å². The average molecular weight is 604 g/mol. The van der Waals surface area contributed by atoms with Crippen molar-refractivity contribution in [1.82, 2.24) is 9.38 Å². The quantitative estimate of drug-likeness (QED) is 0.112. The topological polar surface area (TPSA) is 65.0 Å². The van der Waals surface area contributed by atoms with Gasteiger partial charge in [0.2, 0.25) is 5.69 Å². The van der Waals surface area contributed by atoms with Crippen LogP contribution in [0.15, 0.2) is 141 Å². The molecule has 0 spiro atoms. The van der Waals surface area contributed by atoms with E-state index in [9.17, 15) is 4.79 Å². The van der Waals surface area contributed by atoms with E-state index in [1.165, 1.54) is 0 Å². The summed E-state index contributed by atoms with van der Waals surface area (Å²) in [5.41, 5.74) is 8.58. The van der Waals surface area contributed by atoms with E-state index in [0.29, 0.717) is 27.8 Å². The van der Waals surface area contributed by atoms with Crippen LogP contribution < -0.4 is 5.56 Å². The lowest BCUT2D eigenvalue weighted by molar-refractivity contribution is 0.668. The Kier molecular flexibility index (Phi) is 5.12. The van der Waals surface area contributed by atoms with Crippen LogP contribution in [0.25, 0.3) is 98.4 Å². The van der Waals surface area contributed by atoms with Crippen molar-refractivity contribution >= 4 is 77.0 Å². The van der Waals surface area contributed by atoms with Crippen LogP contribution in [0, 0.1) is 6.57 Å².